The van der Waals surface area contributed by atoms with E-state index < -0.39 is 8.07 Å². The van der Waals surface area contributed by atoms with Crippen LogP contribution in [0.1, 0.15) is 105 Å². The molecular weight excluding hydrogens is 789 g/mol. The van der Waals surface area contributed by atoms with Gasteiger partial charge in [0.15, 0.2) is 0 Å². The lowest BCUT2D eigenvalue weighted by atomic mass is 9.85. The molecule has 0 saturated carbocycles. The zero-order valence-corrected chi connectivity index (χ0v) is 42.1. The zero-order chi connectivity index (χ0) is 45.9. The van der Waals surface area contributed by atoms with Crippen molar-refractivity contribution in [2.75, 3.05) is 0 Å². The number of aromatic nitrogens is 2. The molecule has 0 saturated heterocycles. The number of aromatic amines is 1. The largest absolute Gasteiger partial charge is 0.354 e. The van der Waals surface area contributed by atoms with Crippen LogP contribution >= 0.6 is 0 Å². The molecule has 0 amide bonds. The summed E-state index contributed by atoms with van der Waals surface area (Å²) in [4.78, 5) is 4.00. The van der Waals surface area contributed by atoms with Gasteiger partial charge in [0.1, 0.15) is 0 Å². The predicted octanol–water partition coefficient (Wildman–Crippen LogP) is 17.2. The van der Waals surface area contributed by atoms with Gasteiger partial charge in [-0.1, -0.05) is 182 Å². The summed E-state index contributed by atoms with van der Waals surface area (Å²) in [5, 5.41) is 6.61. The van der Waals surface area contributed by atoms with E-state index in [4.69, 9.17) is 0 Å². The van der Waals surface area contributed by atoms with E-state index in [-0.39, 0.29) is 21.7 Å². The third kappa shape index (κ3) is 7.74. The van der Waals surface area contributed by atoms with Gasteiger partial charge in [-0.3, -0.25) is 0 Å². The lowest BCUT2D eigenvalue weighted by molar-refractivity contribution is 0.590. The highest BCUT2D eigenvalue weighted by molar-refractivity contribution is 6.90. The molecule has 2 aromatic heterocycles. The van der Waals surface area contributed by atoms with Crippen LogP contribution in [-0.4, -0.2) is 17.6 Å². The lowest BCUT2D eigenvalue weighted by Gasteiger charge is -2.27. The molecule has 64 heavy (non-hydrogen) atoms. The van der Waals surface area contributed by atoms with Gasteiger partial charge in [0.2, 0.25) is 0 Å². The van der Waals surface area contributed by atoms with Gasteiger partial charge in [0.25, 0.3) is 0 Å². The quantitative estimate of drug-likeness (QED) is 0.167. The van der Waals surface area contributed by atoms with Crippen LogP contribution in [0.15, 0.2) is 133 Å². The third-order valence-corrected chi connectivity index (χ3v) is 15.7. The number of fused-ring (bicyclic) bond motifs is 6. The van der Waals surface area contributed by atoms with E-state index in [0.717, 1.165) is 5.52 Å². The minimum Gasteiger partial charge on any atom is -0.354 e. The van der Waals surface area contributed by atoms with E-state index in [9.17, 15) is 0 Å². The Bertz CT molecular complexity index is 3170. The second kappa shape index (κ2) is 15.0. The zero-order valence-electron chi connectivity index (χ0n) is 41.1. The SMILES string of the molecule is CC(C)(C)c1ccc(-c2ccc3[nH]c4c(-c5cccc(-n6c7ccc(C(C)(C)C)cc7c7cc(C(C)(C)C)ccc76)c5[Si](C)(C)C)cc(-c5ccc(C(C)(C)C)cc5)cc4c3c2)cc1. The van der Waals surface area contributed by atoms with E-state index in [2.05, 4.69) is 246 Å². The van der Waals surface area contributed by atoms with Crippen molar-refractivity contribution in [1.82, 2.24) is 9.55 Å². The van der Waals surface area contributed by atoms with Gasteiger partial charge in [-0.25, -0.2) is 0 Å². The Kier molecular flexibility index (Phi) is 10.2. The smallest absolute Gasteiger partial charge is 0.0811 e. The Balaban J connectivity index is 1.34. The van der Waals surface area contributed by atoms with Gasteiger partial charge < -0.3 is 9.55 Å². The number of benzene rings is 7. The van der Waals surface area contributed by atoms with Crippen molar-refractivity contribution >= 4 is 56.9 Å². The molecule has 0 spiro atoms. The molecule has 0 unspecified atom stereocenters. The molecule has 326 valence electrons. The van der Waals surface area contributed by atoms with E-state index in [1.165, 1.54) is 105 Å². The van der Waals surface area contributed by atoms with Crippen molar-refractivity contribution < 1.29 is 0 Å². The summed E-state index contributed by atoms with van der Waals surface area (Å²) in [7, 11) is -2.08. The molecule has 0 aliphatic carbocycles. The molecule has 7 aromatic carbocycles. The maximum atomic E-state index is 4.00. The summed E-state index contributed by atoms with van der Waals surface area (Å²) in [6, 6.07) is 51.8. The van der Waals surface area contributed by atoms with Crippen LogP contribution in [0.3, 0.4) is 0 Å². The van der Waals surface area contributed by atoms with Crippen molar-refractivity contribution in [3.05, 3.63) is 156 Å². The van der Waals surface area contributed by atoms with Gasteiger partial charge >= 0.3 is 0 Å². The van der Waals surface area contributed by atoms with E-state index in [1.807, 2.05) is 0 Å². The highest BCUT2D eigenvalue weighted by atomic mass is 28.3. The van der Waals surface area contributed by atoms with Gasteiger partial charge in [-0.2, -0.15) is 0 Å². The molecule has 2 heterocycles. The summed E-state index contributed by atoms with van der Waals surface area (Å²) >= 11 is 0. The Morgan fingerprint density at radius 3 is 1.33 bits per heavy atom. The fraction of sp³-hybridized carbons (Fsp3) is 0.311. The molecule has 2 nitrogen and oxygen atoms in total. The van der Waals surface area contributed by atoms with Crippen molar-refractivity contribution in [1.29, 1.82) is 0 Å². The third-order valence-electron chi connectivity index (χ3n) is 13.7. The Hall–Kier alpha value is -5.64. The molecule has 0 bridgehead atoms. The first-order chi connectivity index (χ1) is 29.9. The lowest BCUT2D eigenvalue weighted by Crippen LogP contribution is -2.41. The van der Waals surface area contributed by atoms with E-state index in [0.29, 0.717) is 0 Å². The Morgan fingerprint density at radius 2 is 0.844 bits per heavy atom. The fourth-order valence-electron chi connectivity index (χ4n) is 9.84. The molecule has 9 rings (SSSR count). The number of nitrogens with one attached hydrogen (secondary N) is 1. The number of rotatable bonds is 5. The predicted molar refractivity (Wildman–Crippen MR) is 284 cm³/mol. The topological polar surface area (TPSA) is 20.7 Å². The van der Waals surface area contributed by atoms with Crippen LogP contribution in [0.5, 0.6) is 0 Å². The van der Waals surface area contributed by atoms with Crippen molar-refractivity contribution in [2.45, 2.75) is 124 Å². The summed E-state index contributed by atoms with van der Waals surface area (Å²) in [5.74, 6) is 0. The first kappa shape index (κ1) is 43.6. The molecule has 0 radical (unpaired) electrons. The molecule has 9 aromatic rings. The first-order valence-electron chi connectivity index (χ1n) is 23.4. The van der Waals surface area contributed by atoms with Gasteiger partial charge in [0, 0.05) is 38.3 Å². The normalized spacial score (nSPS) is 13.2. The second-order valence-corrected chi connectivity index (χ2v) is 28.7. The highest BCUT2D eigenvalue weighted by Crippen LogP contribution is 2.42. The van der Waals surface area contributed by atoms with Gasteiger partial charge in [-0.15, -0.1) is 0 Å². The average Bonchev–Trinajstić information content (AvgIpc) is 3.76. The van der Waals surface area contributed by atoms with E-state index >= 15 is 0 Å². The van der Waals surface area contributed by atoms with Crippen LogP contribution in [-0.2, 0) is 21.7 Å². The number of H-pyrrole nitrogens is 1. The first-order valence-corrected chi connectivity index (χ1v) is 26.9. The van der Waals surface area contributed by atoms with Gasteiger partial charge in [0.05, 0.1) is 24.6 Å². The summed E-state index contributed by atoms with van der Waals surface area (Å²) in [6.45, 7) is 35.2. The minimum absolute atomic E-state index is 0.0360. The molecule has 0 aliphatic rings. The van der Waals surface area contributed by atoms with Crippen molar-refractivity contribution in [2.24, 2.45) is 0 Å². The molecule has 0 aliphatic heterocycles. The summed E-state index contributed by atoms with van der Waals surface area (Å²) in [6.07, 6.45) is 0. The number of nitrogens with zero attached hydrogens (tertiary/aromatic N) is 1. The van der Waals surface area contributed by atoms with Crippen LogP contribution in [0, 0.1) is 0 Å². The van der Waals surface area contributed by atoms with Crippen molar-refractivity contribution in [3.8, 4) is 39.1 Å². The van der Waals surface area contributed by atoms with Crippen molar-refractivity contribution in [3.63, 3.8) is 0 Å². The van der Waals surface area contributed by atoms with Crippen LogP contribution in [0.2, 0.25) is 19.6 Å². The minimum atomic E-state index is -2.08. The number of hydrogen-bond acceptors (Lipinski definition) is 0. The average molecular weight is 857 g/mol. The maximum Gasteiger partial charge on any atom is 0.0811 e. The van der Waals surface area contributed by atoms with Crippen LogP contribution in [0.4, 0.5) is 0 Å². The second-order valence-electron chi connectivity index (χ2n) is 23.7. The summed E-state index contributed by atoms with van der Waals surface area (Å²) < 4.78 is 2.59. The molecule has 3 heteroatoms. The monoisotopic (exact) mass is 857 g/mol. The maximum absolute atomic E-state index is 4.00. The van der Waals surface area contributed by atoms with Gasteiger partial charge in [-0.05, 0) is 132 Å². The Morgan fingerprint density at radius 1 is 0.391 bits per heavy atom. The molecule has 0 atom stereocenters. The fourth-order valence-corrected chi connectivity index (χ4v) is 11.8. The van der Waals surface area contributed by atoms with Crippen LogP contribution in [0.25, 0.3) is 82.7 Å². The molecule has 0 fully saturated rings. The van der Waals surface area contributed by atoms with E-state index in [1.54, 1.807) is 0 Å². The molecular formula is C61H68N2Si. The number of hydrogen-bond donors (Lipinski definition) is 1. The highest BCUT2D eigenvalue weighted by Gasteiger charge is 2.30. The Labute approximate surface area is 383 Å². The van der Waals surface area contributed by atoms with Crippen LogP contribution < -0.4 is 5.19 Å². The standard InChI is InChI=1S/C61H68N2Si/c1-58(2,3)42-24-19-38(20-25-42)40-23-30-52-47(33-40)51-35-41(39-21-26-43(27-22-39)59(4,5)6)34-50(56(51)62-52)46-17-16-18-55(57(46)64(13,14)15)63-53-31-28-44(60(7,8)9)36-48(53)49-37-45(61(10,11)12)29-32-54(49)63/h16-37,62H,1-15H3. The summed E-state index contributed by atoms with van der Waals surface area (Å²) in [5.41, 5.74) is 19.3. The molecule has 1 N–H and O–H groups in total.